The minimum Gasteiger partial charge on any atom is -0.493 e. The third kappa shape index (κ3) is 3.94. The molecular weight excluding hydrogens is 422 g/mol. The van der Waals surface area contributed by atoms with E-state index in [0.717, 1.165) is 39.8 Å². The zero-order valence-electron chi connectivity index (χ0n) is 17.4. The molecule has 0 fully saturated rings. The first-order chi connectivity index (χ1) is 15.6. The second-order valence-electron chi connectivity index (χ2n) is 7.66. The summed E-state index contributed by atoms with van der Waals surface area (Å²) >= 11 is 1.38. The van der Waals surface area contributed by atoms with Gasteiger partial charge in [0.2, 0.25) is 5.91 Å². The molecule has 1 aromatic heterocycles. The van der Waals surface area contributed by atoms with Crippen LogP contribution < -0.4 is 15.4 Å². The van der Waals surface area contributed by atoms with Crippen molar-refractivity contribution in [2.45, 2.75) is 19.4 Å². The van der Waals surface area contributed by atoms with Gasteiger partial charge in [0.25, 0.3) is 5.91 Å². The molecular formula is C25H21N3O3S. The molecule has 3 aromatic carbocycles. The molecule has 1 unspecified atom stereocenters. The van der Waals surface area contributed by atoms with Crippen molar-refractivity contribution in [1.29, 1.82) is 0 Å². The zero-order chi connectivity index (χ0) is 22.1. The van der Waals surface area contributed by atoms with E-state index in [9.17, 15) is 9.59 Å². The van der Waals surface area contributed by atoms with Crippen LogP contribution in [-0.2, 0) is 4.79 Å². The van der Waals surface area contributed by atoms with Gasteiger partial charge in [0.1, 0.15) is 5.75 Å². The summed E-state index contributed by atoms with van der Waals surface area (Å²) in [5, 5.41) is 10.3. The highest BCUT2D eigenvalue weighted by molar-refractivity contribution is 7.14. The minimum absolute atomic E-state index is 0.0691. The van der Waals surface area contributed by atoms with Crippen LogP contribution in [0.4, 0.5) is 5.13 Å². The van der Waals surface area contributed by atoms with Crippen LogP contribution in [0.3, 0.4) is 0 Å². The smallest absolute Gasteiger partial charge is 0.258 e. The van der Waals surface area contributed by atoms with Crippen molar-refractivity contribution in [3.05, 3.63) is 77.2 Å². The second kappa shape index (κ2) is 8.43. The molecule has 7 heteroatoms. The molecule has 2 heterocycles. The minimum atomic E-state index is -0.188. The van der Waals surface area contributed by atoms with Crippen molar-refractivity contribution >= 4 is 39.1 Å². The van der Waals surface area contributed by atoms with Crippen molar-refractivity contribution in [1.82, 2.24) is 10.3 Å². The summed E-state index contributed by atoms with van der Waals surface area (Å²) in [6.07, 6.45) is 0.722. The molecule has 4 aromatic rings. The first-order valence-corrected chi connectivity index (χ1v) is 11.3. The maximum atomic E-state index is 12.9. The molecule has 0 aliphatic carbocycles. The number of hydrogen-bond donors (Lipinski definition) is 2. The van der Waals surface area contributed by atoms with E-state index in [2.05, 4.69) is 15.6 Å². The Bertz CT molecular complexity index is 1330. The predicted molar refractivity (Wildman–Crippen MR) is 126 cm³/mol. The third-order valence-corrected chi connectivity index (χ3v) is 6.24. The molecule has 0 saturated carbocycles. The molecule has 5 rings (SSSR count). The van der Waals surface area contributed by atoms with Gasteiger partial charge in [-0.15, -0.1) is 11.3 Å². The van der Waals surface area contributed by atoms with Crippen LogP contribution in [0.2, 0.25) is 0 Å². The molecule has 6 nitrogen and oxygen atoms in total. The number of ether oxygens (including phenoxy) is 1. The van der Waals surface area contributed by atoms with Crippen LogP contribution in [0.15, 0.2) is 66.0 Å². The lowest BCUT2D eigenvalue weighted by molar-refractivity contribution is -0.119. The Morgan fingerprint density at radius 2 is 1.94 bits per heavy atom. The average molecular weight is 444 g/mol. The molecule has 0 bridgehead atoms. The van der Waals surface area contributed by atoms with Gasteiger partial charge in [-0.25, -0.2) is 4.98 Å². The predicted octanol–water partition coefficient (Wildman–Crippen LogP) is 5.18. The van der Waals surface area contributed by atoms with Crippen molar-refractivity contribution in [2.75, 3.05) is 11.9 Å². The normalized spacial score (nSPS) is 15.0. The van der Waals surface area contributed by atoms with Crippen molar-refractivity contribution < 1.29 is 14.3 Å². The van der Waals surface area contributed by atoms with Crippen LogP contribution in [-0.4, -0.2) is 23.4 Å². The van der Waals surface area contributed by atoms with E-state index < -0.39 is 0 Å². The Morgan fingerprint density at radius 1 is 1.09 bits per heavy atom. The maximum absolute atomic E-state index is 12.9. The SMILES string of the molecule is CC(=O)NC1CCOc2ccc(-c3csc(NC(=O)c4cccc5ccccc45)n3)cc21. The summed E-state index contributed by atoms with van der Waals surface area (Å²) < 4.78 is 5.74. The number of nitrogens with one attached hydrogen (secondary N) is 2. The van der Waals surface area contributed by atoms with E-state index >= 15 is 0 Å². The fourth-order valence-electron chi connectivity index (χ4n) is 4.00. The molecule has 0 spiro atoms. The van der Waals surface area contributed by atoms with Gasteiger partial charge in [0.15, 0.2) is 5.13 Å². The largest absolute Gasteiger partial charge is 0.493 e. The second-order valence-corrected chi connectivity index (χ2v) is 8.52. The maximum Gasteiger partial charge on any atom is 0.258 e. The number of nitrogens with zero attached hydrogens (tertiary/aromatic N) is 1. The molecule has 2 amide bonds. The lowest BCUT2D eigenvalue weighted by Gasteiger charge is -2.26. The summed E-state index contributed by atoms with van der Waals surface area (Å²) in [7, 11) is 0. The van der Waals surface area contributed by atoms with E-state index in [1.807, 2.05) is 66.0 Å². The van der Waals surface area contributed by atoms with Gasteiger partial charge < -0.3 is 10.1 Å². The van der Waals surface area contributed by atoms with Gasteiger partial charge in [-0.2, -0.15) is 0 Å². The van der Waals surface area contributed by atoms with Crippen molar-refractivity contribution in [3.63, 3.8) is 0 Å². The monoisotopic (exact) mass is 443 g/mol. The Labute approximate surface area is 189 Å². The summed E-state index contributed by atoms with van der Waals surface area (Å²) in [6.45, 7) is 2.09. The number of fused-ring (bicyclic) bond motifs is 2. The molecule has 160 valence electrons. The van der Waals surface area contributed by atoms with E-state index in [-0.39, 0.29) is 17.9 Å². The van der Waals surface area contributed by atoms with Crippen molar-refractivity contribution in [2.24, 2.45) is 0 Å². The van der Waals surface area contributed by atoms with Crippen LogP contribution in [0.25, 0.3) is 22.0 Å². The molecule has 0 saturated heterocycles. The van der Waals surface area contributed by atoms with Gasteiger partial charge in [0.05, 0.1) is 18.3 Å². The van der Waals surface area contributed by atoms with Gasteiger partial charge in [-0.1, -0.05) is 36.4 Å². The number of carbonyl (C=O) groups is 2. The number of amides is 2. The van der Waals surface area contributed by atoms with Gasteiger partial charge >= 0.3 is 0 Å². The molecule has 2 N–H and O–H groups in total. The number of rotatable bonds is 4. The van der Waals surface area contributed by atoms with Crippen LogP contribution in [0.1, 0.15) is 35.3 Å². The van der Waals surface area contributed by atoms with Crippen molar-refractivity contribution in [3.8, 4) is 17.0 Å². The number of thiazole rings is 1. The fourth-order valence-corrected chi connectivity index (χ4v) is 4.72. The number of anilines is 1. The number of aromatic nitrogens is 1. The molecule has 1 aliphatic heterocycles. The lowest BCUT2D eigenvalue weighted by atomic mass is 9.97. The fraction of sp³-hybridized carbons (Fsp3) is 0.160. The van der Waals surface area contributed by atoms with E-state index in [0.29, 0.717) is 17.3 Å². The van der Waals surface area contributed by atoms with Gasteiger partial charge in [-0.05, 0) is 35.0 Å². The number of carbonyl (C=O) groups excluding carboxylic acids is 2. The Morgan fingerprint density at radius 3 is 2.81 bits per heavy atom. The lowest BCUT2D eigenvalue weighted by Crippen LogP contribution is -2.30. The quantitative estimate of drug-likeness (QED) is 0.456. The number of benzene rings is 3. The molecule has 0 radical (unpaired) electrons. The van der Waals surface area contributed by atoms with Crippen LogP contribution in [0.5, 0.6) is 5.75 Å². The van der Waals surface area contributed by atoms with Gasteiger partial charge in [0, 0.05) is 35.4 Å². The topological polar surface area (TPSA) is 80.3 Å². The third-order valence-electron chi connectivity index (χ3n) is 5.48. The summed E-state index contributed by atoms with van der Waals surface area (Å²) in [6, 6.07) is 19.3. The van der Waals surface area contributed by atoms with Crippen LogP contribution in [0, 0.1) is 0 Å². The average Bonchev–Trinajstić information content (AvgIpc) is 3.26. The highest BCUT2D eigenvalue weighted by atomic mass is 32.1. The molecule has 32 heavy (non-hydrogen) atoms. The highest BCUT2D eigenvalue weighted by Crippen LogP contribution is 2.36. The Hall–Kier alpha value is -3.71. The standard InChI is InChI=1S/C25H21N3O3S/c1-15(29)26-21-11-12-31-23-10-9-17(13-20(21)23)22-14-32-25(27-22)28-24(30)19-8-4-6-16-5-2-3-7-18(16)19/h2-10,13-14,21H,11-12H2,1H3,(H,26,29)(H,27,28,30). The molecule has 1 aliphatic rings. The Kier molecular flexibility index (Phi) is 5.33. The summed E-state index contributed by atoms with van der Waals surface area (Å²) in [5.74, 6) is 0.520. The summed E-state index contributed by atoms with van der Waals surface area (Å²) in [4.78, 5) is 29.1. The first kappa shape index (κ1) is 20.2. The first-order valence-electron chi connectivity index (χ1n) is 10.4. The summed E-state index contributed by atoms with van der Waals surface area (Å²) in [5.41, 5.74) is 3.23. The number of hydrogen-bond acceptors (Lipinski definition) is 5. The van der Waals surface area contributed by atoms with Gasteiger partial charge in [-0.3, -0.25) is 14.9 Å². The van der Waals surface area contributed by atoms with Crippen LogP contribution >= 0.6 is 11.3 Å². The Balaban J connectivity index is 1.39. The van der Waals surface area contributed by atoms with E-state index in [4.69, 9.17) is 4.74 Å². The highest BCUT2D eigenvalue weighted by Gasteiger charge is 2.23. The zero-order valence-corrected chi connectivity index (χ0v) is 18.2. The molecule has 1 atom stereocenters. The van der Waals surface area contributed by atoms with E-state index in [1.54, 1.807) is 0 Å². The van der Waals surface area contributed by atoms with E-state index in [1.165, 1.54) is 18.3 Å².